The molecule has 0 amide bonds. The molecule has 0 bridgehead atoms. The van der Waals surface area contributed by atoms with Crippen molar-refractivity contribution in [1.82, 2.24) is 0 Å². The van der Waals surface area contributed by atoms with Crippen LogP contribution in [0.5, 0.6) is 5.75 Å². The summed E-state index contributed by atoms with van der Waals surface area (Å²) in [5, 5.41) is 0. The van der Waals surface area contributed by atoms with Gasteiger partial charge in [0.2, 0.25) is 0 Å². The molecule has 0 aromatic heterocycles. The van der Waals surface area contributed by atoms with Gasteiger partial charge >= 0.3 is 0 Å². The molecule has 1 rings (SSSR count). The molecule has 0 aliphatic heterocycles. The first kappa shape index (κ1) is 10.7. The average Bonchev–Trinajstić information content (AvgIpc) is 2.16. The molecule has 1 aromatic rings. The Kier molecular flexibility index (Phi) is 3.63. The lowest BCUT2D eigenvalue weighted by atomic mass is 10.0. The predicted molar refractivity (Wildman–Crippen MR) is 52.2 cm³/mol. The third-order valence-corrected chi connectivity index (χ3v) is 2.02. The molecule has 0 aliphatic carbocycles. The van der Waals surface area contributed by atoms with Crippen molar-refractivity contribution in [2.24, 2.45) is 0 Å². The van der Waals surface area contributed by atoms with Crippen LogP contribution in [-0.2, 0) is 17.9 Å². The van der Waals surface area contributed by atoms with Gasteiger partial charge in [0.25, 0.3) is 0 Å². The highest BCUT2D eigenvalue weighted by atomic mass is 19.1. The summed E-state index contributed by atoms with van der Waals surface area (Å²) in [6, 6.07) is 5.20. The van der Waals surface area contributed by atoms with Crippen molar-refractivity contribution in [1.29, 1.82) is 0 Å². The first-order chi connectivity index (χ1) is 6.69. The van der Waals surface area contributed by atoms with Crippen molar-refractivity contribution in [3.8, 4) is 5.75 Å². The van der Waals surface area contributed by atoms with Gasteiger partial charge in [0.1, 0.15) is 18.2 Å². The Hall–Kier alpha value is -1.38. The smallest absolute Gasteiger partial charge is 0.134 e. The van der Waals surface area contributed by atoms with Gasteiger partial charge in [0.05, 0.1) is 7.11 Å². The Bertz CT molecular complexity index is 334. The van der Waals surface area contributed by atoms with Crippen molar-refractivity contribution < 1.29 is 13.9 Å². The normalized spacial score (nSPS) is 9.93. The minimum atomic E-state index is -0.605. The molecule has 2 nitrogen and oxygen atoms in total. The van der Waals surface area contributed by atoms with Crippen LogP contribution in [0.15, 0.2) is 18.2 Å². The number of methoxy groups -OCH3 is 1. The molecule has 0 spiro atoms. The summed E-state index contributed by atoms with van der Waals surface area (Å²) in [6.45, 7) is 0.883. The second kappa shape index (κ2) is 4.74. The van der Waals surface area contributed by atoms with Crippen molar-refractivity contribution >= 4 is 5.78 Å². The first-order valence-electron chi connectivity index (χ1n) is 4.39. The molecule has 0 heterocycles. The van der Waals surface area contributed by atoms with Gasteiger partial charge in [-0.2, -0.15) is 0 Å². The third-order valence-electron chi connectivity index (χ3n) is 2.02. The van der Waals surface area contributed by atoms with Crippen LogP contribution in [0.25, 0.3) is 0 Å². The van der Waals surface area contributed by atoms with E-state index in [1.54, 1.807) is 18.2 Å². The van der Waals surface area contributed by atoms with Gasteiger partial charge < -0.3 is 4.74 Å². The molecule has 0 saturated carbocycles. The van der Waals surface area contributed by atoms with Gasteiger partial charge in [-0.1, -0.05) is 12.1 Å². The van der Waals surface area contributed by atoms with Crippen LogP contribution in [0.2, 0.25) is 0 Å². The molecule has 0 saturated heterocycles. The van der Waals surface area contributed by atoms with E-state index in [0.29, 0.717) is 16.9 Å². The van der Waals surface area contributed by atoms with E-state index in [0.717, 1.165) is 0 Å². The van der Waals surface area contributed by atoms with E-state index in [-0.39, 0.29) is 12.2 Å². The van der Waals surface area contributed by atoms with Crippen LogP contribution in [-0.4, -0.2) is 12.9 Å². The number of Topliss-reactive ketones (excluding diaryl/α,β-unsaturated/α-hetero) is 1. The van der Waals surface area contributed by atoms with Gasteiger partial charge in [0, 0.05) is 12.0 Å². The molecule has 1 aromatic carbocycles. The fourth-order valence-corrected chi connectivity index (χ4v) is 1.39. The molecule has 76 valence electrons. The third kappa shape index (κ3) is 2.31. The Balaban J connectivity index is 3.08. The topological polar surface area (TPSA) is 26.3 Å². The number of ketones is 1. The predicted octanol–water partition coefficient (Wildman–Crippen LogP) is 2.30. The standard InChI is InChI=1S/C11H13FO2/c1-8(13)6-9-4-3-5-11(14-2)10(9)7-12/h3-5H,6-7H2,1-2H3. The SMILES string of the molecule is COc1cccc(CC(C)=O)c1CF. The number of rotatable bonds is 4. The summed E-state index contributed by atoms with van der Waals surface area (Å²) in [4.78, 5) is 10.9. The Labute approximate surface area is 82.7 Å². The van der Waals surface area contributed by atoms with Gasteiger partial charge in [-0.15, -0.1) is 0 Å². The first-order valence-corrected chi connectivity index (χ1v) is 4.39. The highest BCUT2D eigenvalue weighted by molar-refractivity contribution is 5.78. The number of hydrogen-bond donors (Lipinski definition) is 0. The number of alkyl halides is 1. The van der Waals surface area contributed by atoms with Gasteiger partial charge in [0.15, 0.2) is 0 Å². The lowest BCUT2D eigenvalue weighted by Gasteiger charge is -2.09. The van der Waals surface area contributed by atoms with Crippen molar-refractivity contribution in [2.75, 3.05) is 7.11 Å². The number of carbonyl (C=O) groups is 1. The zero-order valence-corrected chi connectivity index (χ0v) is 8.34. The van der Waals surface area contributed by atoms with E-state index in [9.17, 15) is 9.18 Å². The van der Waals surface area contributed by atoms with E-state index in [1.807, 2.05) is 0 Å². The maximum atomic E-state index is 12.7. The van der Waals surface area contributed by atoms with Crippen molar-refractivity contribution in [2.45, 2.75) is 20.0 Å². The summed E-state index contributed by atoms with van der Waals surface area (Å²) >= 11 is 0. The van der Waals surface area contributed by atoms with Crippen LogP contribution < -0.4 is 4.74 Å². The van der Waals surface area contributed by atoms with Crippen molar-refractivity contribution in [3.63, 3.8) is 0 Å². The van der Waals surface area contributed by atoms with Crippen LogP contribution in [0, 0.1) is 0 Å². The molecule has 0 radical (unpaired) electrons. The number of carbonyl (C=O) groups excluding carboxylic acids is 1. The zero-order valence-electron chi connectivity index (χ0n) is 8.34. The number of ether oxygens (including phenoxy) is 1. The summed E-state index contributed by atoms with van der Waals surface area (Å²) in [7, 11) is 1.49. The maximum Gasteiger partial charge on any atom is 0.134 e. The molecular weight excluding hydrogens is 183 g/mol. The fourth-order valence-electron chi connectivity index (χ4n) is 1.39. The van der Waals surface area contributed by atoms with Crippen molar-refractivity contribution in [3.05, 3.63) is 29.3 Å². The van der Waals surface area contributed by atoms with Gasteiger partial charge in [-0.25, -0.2) is 4.39 Å². The highest BCUT2D eigenvalue weighted by Crippen LogP contribution is 2.23. The van der Waals surface area contributed by atoms with Crippen LogP contribution in [0.1, 0.15) is 18.1 Å². The average molecular weight is 196 g/mol. The molecule has 0 fully saturated rings. The Morgan fingerprint density at radius 3 is 2.71 bits per heavy atom. The van der Waals surface area contributed by atoms with E-state index in [2.05, 4.69) is 0 Å². The van der Waals surface area contributed by atoms with E-state index in [1.165, 1.54) is 14.0 Å². The summed E-state index contributed by atoms with van der Waals surface area (Å²) in [6.07, 6.45) is 0.260. The number of halogens is 1. The van der Waals surface area contributed by atoms with E-state index >= 15 is 0 Å². The van der Waals surface area contributed by atoms with Gasteiger partial charge in [-0.05, 0) is 18.6 Å². The molecule has 0 atom stereocenters. The summed E-state index contributed by atoms with van der Waals surface area (Å²) < 4.78 is 17.7. The van der Waals surface area contributed by atoms with Crippen LogP contribution in [0.4, 0.5) is 4.39 Å². The lowest BCUT2D eigenvalue weighted by molar-refractivity contribution is -0.116. The molecular formula is C11H13FO2. The van der Waals surface area contributed by atoms with Crippen LogP contribution in [0.3, 0.4) is 0 Å². The quantitative estimate of drug-likeness (QED) is 0.738. The minimum Gasteiger partial charge on any atom is -0.496 e. The lowest BCUT2D eigenvalue weighted by Crippen LogP contribution is -2.02. The van der Waals surface area contributed by atoms with Gasteiger partial charge in [-0.3, -0.25) is 4.79 Å². The molecule has 0 unspecified atom stereocenters. The van der Waals surface area contributed by atoms with E-state index < -0.39 is 6.67 Å². The molecule has 0 aliphatic rings. The number of benzene rings is 1. The van der Waals surface area contributed by atoms with Crippen LogP contribution >= 0.6 is 0 Å². The number of hydrogen-bond acceptors (Lipinski definition) is 2. The van der Waals surface area contributed by atoms with E-state index in [4.69, 9.17) is 4.74 Å². The Morgan fingerprint density at radius 1 is 1.50 bits per heavy atom. The summed E-state index contributed by atoms with van der Waals surface area (Å²) in [5.41, 5.74) is 1.18. The minimum absolute atomic E-state index is 0.0213. The molecule has 0 N–H and O–H groups in total. The second-order valence-corrected chi connectivity index (χ2v) is 3.11. The highest BCUT2D eigenvalue weighted by Gasteiger charge is 2.09. The maximum absolute atomic E-state index is 12.7. The second-order valence-electron chi connectivity index (χ2n) is 3.11. The monoisotopic (exact) mass is 196 g/mol. The Morgan fingerprint density at radius 2 is 2.21 bits per heavy atom. The summed E-state index contributed by atoms with van der Waals surface area (Å²) in [5.74, 6) is 0.527. The molecule has 3 heteroatoms. The largest absolute Gasteiger partial charge is 0.496 e. The molecule has 14 heavy (non-hydrogen) atoms. The fraction of sp³-hybridized carbons (Fsp3) is 0.364. The zero-order chi connectivity index (χ0) is 10.6.